The number of nitrogens with zero attached hydrogens (tertiary/aromatic N) is 1. The Hall–Kier alpha value is -1.05. The average molecular weight is 232 g/mol. The first kappa shape index (κ1) is 10.5. The number of halogens is 1. The van der Waals surface area contributed by atoms with Gasteiger partial charge < -0.3 is 9.84 Å². The van der Waals surface area contributed by atoms with Gasteiger partial charge in [0.1, 0.15) is 6.23 Å². The summed E-state index contributed by atoms with van der Waals surface area (Å²) >= 11 is 4.85. The van der Waals surface area contributed by atoms with Crippen LogP contribution in [0.5, 0.6) is 0 Å². The van der Waals surface area contributed by atoms with Crippen LogP contribution in [0, 0.1) is 10.6 Å². The van der Waals surface area contributed by atoms with E-state index in [1.165, 1.54) is 4.57 Å². The molecule has 1 aromatic rings. The topological polar surface area (TPSA) is 67.2 Å². The van der Waals surface area contributed by atoms with Crippen molar-refractivity contribution in [3.05, 3.63) is 27.1 Å². The minimum absolute atomic E-state index is 0.0838. The van der Waals surface area contributed by atoms with Gasteiger partial charge in [-0.1, -0.05) is 0 Å². The van der Waals surface area contributed by atoms with Crippen molar-refractivity contribution in [2.45, 2.75) is 25.4 Å². The van der Waals surface area contributed by atoms with E-state index in [4.69, 9.17) is 22.1 Å². The zero-order chi connectivity index (χ0) is 11.0. The molecular formula is C8H9FN2O3S. The number of aliphatic hydroxyl groups is 1. The molecule has 0 aromatic carbocycles. The summed E-state index contributed by atoms with van der Waals surface area (Å²) in [7, 11) is 0. The molecule has 2 rings (SSSR count). The molecule has 2 N–H and O–H groups in total. The Labute approximate surface area is 89.1 Å². The minimum Gasteiger partial charge on any atom is -0.368 e. The standard InChI is InChI=1S/C8H9FN2O3S/c9-4-3-11(8(15)10-7(4)13)5-1-2-6(12)14-5/h3,5-6,12H,1-2H2,(H,10,13,15). The van der Waals surface area contributed by atoms with Crippen LogP contribution < -0.4 is 5.56 Å². The first-order valence-electron chi connectivity index (χ1n) is 4.42. The van der Waals surface area contributed by atoms with Gasteiger partial charge in [0.05, 0.1) is 6.20 Å². The van der Waals surface area contributed by atoms with E-state index in [9.17, 15) is 9.18 Å². The molecule has 1 aliphatic rings. The molecule has 0 amide bonds. The predicted octanol–water partition coefficient (Wildman–Crippen LogP) is 0.672. The van der Waals surface area contributed by atoms with Crippen molar-refractivity contribution in [3.8, 4) is 0 Å². The molecule has 1 fully saturated rings. The van der Waals surface area contributed by atoms with Crippen molar-refractivity contribution in [2.75, 3.05) is 0 Å². The smallest absolute Gasteiger partial charge is 0.287 e. The molecule has 7 heteroatoms. The van der Waals surface area contributed by atoms with Crippen LogP contribution in [0.3, 0.4) is 0 Å². The van der Waals surface area contributed by atoms with Crippen molar-refractivity contribution in [3.63, 3.8) is 0 Å². The zero-order valence-electron chi connectivity index (χ0n) is 7.64. The molecule has 82 valence electrons. The lowest BCUT2D eigenvalue weighted by molar-refractivity contribution is -0.113. The monoisotopic (exact) mass is 232 g/mol. The third-order valence-corrected chi connectivity index (χ3v) is 2.52. The number of ether oxygens (including phenoxy) is 1. The van der Waals surface area contributed by atoms with Crippen LogP contribution in [0.4, 0.5) is 4.39 Å². The minimum atomic E-state index is -0.923. The van der Waals surface area contributed by atoms with Gasteiger partial charge in [-0.05, 0) is 18.6 Å². The van der Waals surface area contributed by atoms with Gasteiger partial charge in [-0.15, -0.1) is 0 Å². The van der Waals surface area contributed by atoms with Crippen LogP contribution in [-0.2, 0) is 4.74 Å². The second-order valence-corrected chi connectivity index (χ2v) is 3.65. The highest BCUT2D eigenvalue weighted by atomic mass is 32.1. The Morgan fingerprint density at radius 3 is 3.00 bits per heavy atom. The molecule has 0 bridgehead atoms. The third-order valence-electron chi connectivity index (χ3n) is 2.21. The fraction of sp³-hybridized carbons (Fsp3) is 0.500. The maximum atomic E-state index is 13.0. The summed E-state index contributed by atoms with van der Waals surface area (Å²) in [4.78, 5) is 13.1. The van der Waals surface area contributed by atoms with E-state index in [-0.39, 0.29) is 4.77 Å². The van der Waals surface area contributed by atoms with Gasteiger partial charge in [-0.3, -0.25) is 14.3 Å². The van der Waals surface area contributed by atoms with Crippen molar-refractivity contribution in [1.29, 1.82) is 0 Å². The zero-order valence-corrected chi connectivity index (χ0v) is 8.46. The van der Waals surface area contributed by atoms with E-state index in [2.05, 4.69) is 4.98 Å². The molecular weight excluding hydrogens is 223 g/mol. The van der Waals surface area contributed by atoms with Gasteiger partial charge >= 0.3 is 0 Å². The van der Waals surface area contributed by atoms with Crippen LogP contribution in [0.2, 0.25) is 0 Å². The summed E-state index contributed by atoms with van der Waals surface area (Å²) in [5.41, 5.74) is -0.852. The largest absolute Gasteiger partial charge is 0.368 e. The summed E-state index contributed by atoms with van der Waals surface area (Å²) in [6, 6.07) is 0. The molecule has 0 radical (unpaired) electrons. The number of nitrogens with one attached hydrogen (secondary N) is 1. The van der Waals surface area contributed by atoms with E-state index >= 15 is 0 Å². The van der Waals surface area contributed by atoms with E-state index in [0.29, 0.717) is 12.8 Å². The van der Waals surface area contributed by atoms with Gasteiger partial charge in [0.2, 0.25) is 5.82 Å². The summed E-state index contributed by atoms with van der Waals surface area (Å²) in [6.45, 7) is 0. The Morgan fingerprint density at radius 2 is 2.40 bits per heavy atom. The fourth-order valence-electron chi connectivity index (χ4n) is 1.48. The van der Waals surface area contributed by atoms with Crippen LogP contribution in [0.15, 0.2) is 11.0 Å². The summed E-state index contributed by atoms with van der Waals surface area (Å²) in [5.74, 6) is -0.923. The van der Waals surface area contributed by atoms with E-state index in [0.717, 1.165) is 6.20 Å². The molecule has 1 saturated heterocycles. The second-order valence-electron chi connectivity index (χ2n) is 3.27. The third kappa shape index (κ3) is 1.99. The van der Waals surface area contributed by atoms with E-state index in [1.807, 2.05) is 0 Å². The highest BCUT2D eigenvalue weighted by Crippen LogP contribution is 2.26. The normalized spacial score (nSPS) is 25.7. The lowest BCUT2D eigenvalue weighted by Gasteiger charge is -2.14. The number of rotatable bonds is 1. The molecule has 2 unspecified atom stereocenters. The summed E-state index contributed by atoms with van der Waals surface area (Å²) in [6.07, 6.45) is 0.614. The van der Waals surface area contributed by atoms with Gasteiger partial charge in [-0.2, -0.15) is 4.39 Å². The quantitative estimate of drug-likeness (QED) is 0.698. The first-order chi connectivity index (χ1) is 7.08. The SMILES string of the molecule is O=c1[nH]c(=S)n(C2CCC(O)O2)cc1F. The number of hydrogen-bond donors (Lipinski definition) is 2. The van der Waals surface area contributed by atoms with Crippen LogP contribution >= 0.6 is 12.2 Å². The molecule has 0 aliphatic carbocycles. The summed E-state index contributed by atoms with van der Waals surface area (Å²) in [5, 5.41) is 9.14. The average Bonchev–Trinajstić information content (AvgIpc) is 2.58. The molecule has 0 spiro atoms. The molecule has 2 atom stereocenters. The lowest BCUT2D eigenvalue weighted by Crippen LogP contribution is -2.20. The van der Waals surface area contributed by atoms with Gasteiger partial charge in [0, 0.05) is 6.42 Å². The van der Waals surface area contributed by atoms with Gasteiger partial charge in [0.15, 0.2) is 11.1 Å². The summed E-state index contributed by atoms with van der Waals surface area (Å²) < 4.78 is 19.4. The van der Waals surface area contributed by atoms with E-state index in [1.54, 1.807) is 0 Å². The Morgan fingerprint density at radius 1 is 1.67 bits per heavy atom. The van der Waals surface area contributed by atoms with Crippen LogP contribution in [-0.4, -0.2) is 20.9 Å². The predicted molar refractivity (Wildman–Crippen MR) is 51.2 cm³/mol. The second kappa shape index (κ2) is 3.84. The number of aliphatic hydroxyl groups excluding tert-OH is 1. The first-order valence-corrected chi connectivity index (χ1v) is 4.83. The molecule has 0 saturated carbocycles. The van der Waals surface area contributed by atoms with Gasteiger partial charge in [-0.25, -0.2) is 0 Å². The maximum Gasteiger partial charge on any atom is 0.287 e. The molecule has 2 heterocycles. The van der Waals surface area contributed by atoms with Crippen molar-refractivity contribution in [1.82, 2.24) is 9.55 Å². The molecule has 15 heavy (non-hydrogen) atoms. The molecule has 1 aliphatic heterocycles. The Kier molecular flexibility index (Phi) is 2.68. The van der Waals surface area contributed by atoms with Crippen molar-refractivity contribution in [2.24, 2.45) is 0 Å². The van der Waals surface area contributed by atoms with Gasteiger partial charge in [0.25, 0.3) is 5.56 Å². The van der Waals surface area contributed by atoms with Crippen molar-refractivity contribution >= 4 is 12.2 Å². The molecule has 5 nitrogen and oxygen atoms in total. The highest BCUT2D eigenvalue weighted by molar-refractivity contribution is 7.71. The number of H-pyrrole nitrogens is 1. The van der Waals surface area contributed by atoms with E-state index < -0.39 is 23.9 Å². The molecule has 1 aromatic heterocycles. The highest BCUT2D eigenvalue weighted by Gasteiger charge is 2.25. The Bertz CT molecular complexity index is 484. The van der Waals surface area contributed by atoms with Crippen LogP contribution in [0.1, 0.15) is 19.1 Å². The van der Waals surface area contributed by atoms with Crippen molar-refractivity contribution < 1.29 is 14.2 Å². The number of aromatic amines is 1. The maximum absolute atomic E-state index is 13.0. The fourth-order valence-corrected chi connectivity index (χ4v) is 1.74. The van der Waals surface area contributed by atoms with Crippen LogP contribution in [0.25, 0.3) is 0 Å². The number of hydrogen-bond acceptors (Lipinski definition) is 4. The lowest BCUT2D eigenvalue weighted by atomic mass is 10.3. The Balaban J connectivity index is 2.41. The number of aromatic nitrogens is 2.